The monoisotopic (exact) mass is 302 g/mol. The van der Waals surface area contributed by atoms with Crippen LogP contribution >= 0.6 is 11.3 Å². The first-order valence-corrected chi connectivity index (χ1v) is 8.21. The Morgan fingerprint density at radius 1 is 1.33 bits per heavy atom. The Balaban J connectivity index is 1.91. The van der Waals surface area contributed by atoms with Gasteiger partial charge in [-0.05, 0) is 18.1 Å². The van der Waals surface area contributed by atoms with E-state index in [2.05, 4.69) is 32.9 Å². The summed E-state index contributed by atoms with van der Waals surface area (Å²) in [6.45, 7) is 7.85. The van der Waals surface area contributed by atoms with Gasteiger partial charge in [-0.3, -0.25) is 0 Å². The highest BCUT2D eigenvalue weighted by atomic mass is 32.1. The molecule has 0 aliphatic carbocycles. The molecule has 1 aliphatic heterocycles. The Morgan fingerprint density at radius 3 is 2.76 bits per heavy atom. The summed E-state index contributed by atoms with van der Waals surface area (Å²) in [5, 5.41) is 1.16. The van der Waals surface area contributed by atoms with E-state index in [9.17, 15) is 0 Å². The van der Waals surface area contributed by atoms with E-state index in [0.717, 1.165) is 22.9 Å². The van der Waals surface area contributed by atoms with Crippen LogP contribution in [0.2, 0.25) is 0 Å². The Kier molecular flexibility index (Phi) is 3.76. The van der Waals surface area contributed by atoms with Crippen LogP contribution in [0, 0.1) is 0 Å². The van der Waals surface area contributed by atoms with Crippen LogP contribution in [-0.4, -0.2) is 11.6 Å². The number of hydrogen-bond acceptors (Lipinski definition) is 4. The zero-order chi connectivity index (χ0) is 15.0. The molecule has 0 fully saturated rings. The van der Waals surface area contributed by atoms with Crippen molar-refractivity contribution >= 4 is 11.3 Å². The summed E-state index contributed by atoms with van der Waals surface area (Å²) >= 11 is 1.75. The molecule has 0 radical (unpaired) electrons. The minimum Gasteiger partial charge on any atom is -0.493 e. The highest BCUT2D eigenvalue weighted by molar-refractivity contribution is 7.11. The fourth-order valence-corrected chi connectivity index (χ4v) is 3.99. The van der Waals surface area contributed by atoms with Crippen molar-refractivity contribution in [3.05, 3.63) is 45.4 Å². The molecule has 1 unspecified atom stereocenters. The van der Waals surface area contributed by atoms with Crippen LogP contribution in [-0.2, 0) is 18.4 Å². The summed E-state index contributed by atoms with van der Waals surface area (Å²) in [7, 11) is 0. The maximum absolute atomic E-state index is 5.91. The molecule has 0 saturated heterocycles. The van der Waals surface area contributed by atoms with Crippen molar-refractivity contribution in [3.8, 4) is 5.75 Å². The lowest BCUT2D eigenvalue weighted by Crippen LogP contribution is -2.20. The van der Waals surface area contributed by atoms with Gasteiger partial charge in [0.1, 0.15) is 5.75 Å². The number of thiazole rings is 1. The quantitative estimate of drug-likeness (QED) is 0.921. The predicted octanol–water partition coefficient (Wildman–Crippen LogP) is 3.62. The molecule has 2 aromatic rings. The van der Waals surface area contributed by atoms with Crippen LogP contribution < -0.4 is 10.5 Å². The van der Waals surface area contributed by atoms with Crippen molar-refractivity contribution in [2.75, 3.05) is 6.61 Å². The number of hydrogen-bond donors (Lipinski definition) is 1. The lowest BCUT2D eigenvalue weighted by atomic mass is 9.91. The largest absolute Gasteiger partial charge is 0.493 e. The first-order valence-electron chi connectivity index (χ1n) is 7.40. The fourth-order valence-electron chi connectivity index (χ4n) is 2.76. The predicted molar refractivity (Wildman–Crippen MR) is 87.1 cm³/mol. The van der Waals surface area contributed by atoms with Crippen molar-refractivity contribution in [1.29, 1.82) is 0 Å². The summed E-state index contributed by atoms with van der Waals surface area (Å²) in [5.41, 5.74) is 8.36. The van der Waals surface area contributed by atoms with Gasteiger partial charge in [0.25, 0.3) is 0 Å². The summed E-state index contributed by atoms with van der Waals surface area (Å²) in [4.78, 5) is 6.11. The van der Waals surface area contributed by atoms with E-state index in [1.54, 1.807) is 11.3 Å². The molecule has 0 amide bonds. The summed E-state index contributed by atoms with van der Waals surface area (Å²) in [6.07, 6.45) is 0.997. The van der Waals surface area contributed by atoms with Gasteiger partial charge in [0.15, 0.2) is 0 Å². The number of ether oxygens (including phenoxy) is 1. The highest BCUT2D eigenvalue weighted by Crippen LogP contribution is 2.37. The van der Waals surface area contributed by atoms with Crippen LogP contribution in [0.4, 0.5) is 0 Å². The highest BCUT2D eigenvalue weighted by Gasteiger charge is 2.28. The van der Waals surface area contributed by atoms with Crippen molar-refractivity contribution in [2.45, 2.75) is 45.1 Å². The van der Waals surface area contributed by atoms with E-state index in [4.69, 9.17) is 15.5 Å². The number of benzene rings is 1. The number of rotatable bonds is 2. The molecule has 0 spiro atoms. The van der Waals surface area contributed by atoms with Gasteiger partial charge in [-0.2, -0.15) is 0 Å². The third-order valence-electron chi connectivity index (χ3n) is 3.84. The molecule has 3 rings (SSSR count). The molecule has 0 bridgehead atoms. The zero-order valence-corrected chi connectivity index (χ0v) is 13.7. The number of aromatic nitrogens is 1. The summed E-state index contributed by atoms with van der Waals surface area (Å²) in [6, 6.07) is 8.27. The zero-order valence-electron chi connectivity index (χ0n) is 12.8. The molecule has 1 atom stereocenters. The van der Waals surface area contributed by atoms with Gasteiger partial charge in [-0.15, -0.1) is 11.3 Å². The van der Waals surface area contributed by atoms with Gasteiger partial charge in [0, 0.05) is 22.8 Å². The molecule has 1 aromatic heterocycles. The molecule has 2 N–H and O–H groups in total. The molecule has 21 heavy (non-hydrogen) atoms. The molecule has 1 aromatic carbocycles. The average Bonchev–Trinajstić information content (AvgIpc) is 2.91. The minimum absolute atomic E-state index is 0.0386. The topological polar surface area (TPSA) is 48.1 Å². The van der Waals surface area contributed by atoms with Crippen LogP contribution in [0.15, 0.2) is 24.3 Å². The van der Waals surface area contributed by atoms with E-state index >= 15 is 0 Å². The number of fused-ring (bicyclic) bond motifs is 1. The van der Waals surface area contributed by atoms with Crippen molar-refractivity contribution in [1.82, 2.24) is 4.98 Å². The SMILES string of the molecule is CC(C)(C)c1nc(C2COc3ccccc3C2)sc1CN. The summed E-state index contributed by atoms with van der Waals surface area (Å²) < 4.78 is 5.89. The molecule has 112 valence electrons. The van der Waals surface area contributed by atoms with Crippen LogP contribution in [0.3, 0.4) is 0 Å². The second kappa shape index (κ2) is 5.43. The molecule has 4 heteroatoms. The Labute approximate surface area is 130 Å². The van der Waals surface area contributed by atoms with Crippen molar-refractivity contribution in [2.24, 2.45) is 5.73 Å². The third kappa shape index (κ3) is 2.83. The third-order valence-corrected chi connectivity index (χ3v) is 5.08. The van der Waals surface area contributed by atoms with E-state index in [0.29, 0.717) is 19.1 Å². The number of nitrogens with zero attached hydrogens (tertiary/aromatic N) is 1. The lowest BCUT2D eigenvalue weighted by molar-refractivity contribution is 0.262. The maximum atomic E-state index is 5.91. The second-order valence-electron chi connectivity index (χ2n) is 6.60. The van der Waals surface area contributed by atoms with Crippen LogP contribution in [0.1, 0.15) is 47.8 Å². The van der Waals surface area contributed by atoms with Crippen molar-refractivity contribution in [3.63, 3.8) is 0 Å². The Morgan fingerprint density at radius 2 is 2.10 bits per heavy atom. The van der Waals surface area contributed by atoms with E-state index in [1.807, 2.05) is 12.1 Å². The van der Waals surface area contributed by atoms with E-state index < -0.39 is 0 Å². The van der Waals surface area contributed by atoms with Gasteiger partial charge >= 0.3 is 0 Å². The van der Waals surface area contributed by atoms with Crippen LogP contribution in [0.25, 0.3) is 0 Å². The Hall–Kier alpha value is -1.39. The second-order valence-corrected chi connectivity index (χ2v) is 7.71. The van der Waals surface area contributed by atoms with Gasteiger partial charge in [-0.25, -0.2) is 4.98 Å². The van der Waals surface area contributed by atoms with Gasteiger partial charge in [0.05, 0.1) is 17.3 Å². The minimum atomic E-state index is 0.0386. The Bertz CT molecular complexity index is 642. The van der Waals surface area contributed by atoms with Gasteiger partial charge in [0.2, 0.25) is 0 Å². The molecular formula is C17H22N2OS. The van der Waals surface area contributed by atoms with Gasteiger partial charge < -0.3 is 10.5 Å². The number of nitrogens with two attached hydrogens (primary N) is 1. The molecular weight excluding hydrogens is 280 g/mol. The lowest BCUT2D eigenvalue weighted by Gasteiger charge is -2.24. The van der Waals surface area contributed by atoms with Crippen molar-refractivity contribution < 1.29 is 4.74 Å². The van der Waals surface area contributed by atoms with Gasteiger partial charge in [-0.1, -0.05) is 39.0 Å². The number of para-hydroxylation sites is 1. The molecule has 3 nitrogen and oxygen atoms in total. The smallest absolute Gasteiger partial charge is 0.122 e. The van der Waals surface area contributed by atoms with E-state index in [1.165, 1.54) is 10.4 Å². The fraction of sp³-hybridized carbons (Fsp3) is 0.471. The molecule has 0 saturated carbocycles. The standard InChI is InChI=1S/C17H22N2OS/c1-17(2,3)15-14(9-18)21-16(19-15)12-8-11-6-4-5-7-13(11)20-10-12/h4-7,12H,8-10,18H2,1-3H3. The maximum Gasteiger partial charge on any atom is 0.122 e. The average molecular weight is 302 g/mol. The van der Waals surface area contributed by atoms with Crippen LogP contribution in [0.5, 0.6) is 5.75 Å². The normalized spacial score (nSPS) is 18.2. The first-order chi connectivity index (χ1) is 9.99. The molecule has 2 heterocycles. The first kappa shape index (κ1) is 14.5. The van der Waals surface area contributed by atoms with E-state index in [-0.39, 0.29) is 5.41 Å². The summed E-state index contributed by atoms with van der Waals surface area (Å²) in [5.74, 6) is 1.35. The molecule has 1 aliphatic rings.